The summed E-state index contributed by atoms with van der Waals surface area (Å²) in [5.41, 5.74) is 7.56. The minimum Gasteiger partial charge on any atom is -0.384 e. The Morgan fingerprint density at radius 3 is 2.50 bits per heavy atom. The van der Waals surface area contributed by atoms with E-state index in [1.807, 2.05) is 30.3 Å². The van der Waals surface area contributed by atoms with Crippen molar-refractivity contribution < 1.29 is 0 Å². The molecule has 0 aliphatic carbocycles. The van der Waals surface area contributed by atoms with Crippen molar-refractivity contribution in [3.63, 3.8) is 0 Å². The summed E-state index contributed by atoms with van der Waals surface area (Å²) in [5.74, 6) is 0.715. The van der Waals surface area contributed by atoms with Crippen LogP contribution in [0.15, 0.2) is 47.0 Å². The first-order valence-electron chi connectivity index (χ1n) is 4.43. The lowest BCUT2D eigenvalue weighted by molar-refractivity contribution is 1.21. The lowest BCUT2D eigenvalue weighted by Crippen LogP contribution is -2.04. The molecule has 0 unspecified atom stereocenters. The van der Waals surface area contributed by atoms with Crippen LogP contribution >= 0.6 is 0 Å². The Kier molecular flexibility index (Phi) is 2.14. The van der Waals surface area contributed by atoms with Gasteiger partial charge in [-0.2, -0.15) is 0 Å². The number of nitrogens with one attached hydrogen (secondary N) is 1. The molecule has 0 aromatic heterocycles. The fraction of sp³-hybridized carbons (Fsp3) is 0.0909. The number of hydrogen-bond donors (Lipinski definition) is 2. The molecule has 0 amide bonds. The van der Waals surface area contributed by atoms with E-state index in [1.165, 1.54) is 5.56 Å². The third-order valence-electron chi connectivity index (χ3n) is 2.10. The summed E-state index contributed by atoms with van der Waals surface area (Å²) < 4.78 is 0. The zero-order chi connectivity index (χ0) is 9.97. The highest BCUT2D eigenvalue weighted by molar-refractivity contribution is 6.15. The monoisotopic (exact) mass is 185 g/mol. The third kappa shape index (κ3) is 1.71. The van der Waals surface area contributed by atoms with Gasteiger partial charge in [0.25, 0.3) is 0 Å². The Balaban J connectivity index is 2.15. The maximum Gasteiger partial charge on any atom is 0.150 e. The van der Waals surface area contributed by atoms with E-state index in [9.17, 15) is 0 Å². The van der Waals surface area contributed by atoms with Crippen molar-refractivity contribution in [1.29, 1.82) is 5.41 Å². The van der Waals surface area contributed by atoms with Crippen LogP contribution < -0.4 is 5.73 Å². The molecule has 3 heteroatoms. The molecular weight excluding hydrogens is 174 g/mol. The molecule has 0 saturated carbocycles. The van der Waals surface area contributed by atoms with Crippen LogP contribution in [0.4, 0.5) is 0 Å². The smallest absolute Gasteiger partial charge is 0.150 e. The summed E-state index contributed by atoms with van der Waals surface area (Å²) in [5, 5.41) is 7.55. The first-order chi connectivity index (χ1) is 6.75. The van der Waals surface area contributed by atoms with E-state index in [0.717, 1.165) is 12.0 Å². The molecule has 1 aliphatic rings. The van der Waals surface area contributed by atoms with Crippen molar-refractivity contribution in [1.82, 2.24) is 0 Å². The zero-order valence-corrected chi connectivity index (χ0v) is 7.70. The summed E-state index contributed by atoms with van der Waals surface area (Å²) in [6.45, 7) is 0. The average Bonchev–Trinajstić information content (AvgIpc) is 2.47. The van der Waals surface area contributed by atoms with Gasteiger partial charge in [0.2, 0.25) is 0 Å². The zero-order valence-electron chi connectivity index (χ0n) is 7.70. The number of hydrogen-bond acceptors (Lipinski definition) is 2. The van der Waals surface area contributed by atoms with Gasteiger partial charge in [0.15, 0.2) is 5.84 Å². The molecule has 1 aliphatic heterocycles. The van der Waals surface area contributed by atoms with Crippen LogP contribution in [0.3, 0.4) is 0 Å². The number of nitrogens with two attached hydrogens (primary N) is 1. The van der Waals surface area contributed by atoms with Gasteiger partial charge in [-0.1, -0.05) is 30.3 Å². The number of rotatable bonds is 2. The van der Waals surface area contributed by atoms with Crippen LogP contribution in [0.2, 0.25) is 0 Å². The average molecular weight is 185 g/mol. The quantitative estimate of drug-likeness (QED) is 0.720. The highest BCUT2D eigenvalue weighted by Crippen LogP contribution is 2.13. The molecule has 0 radical (unpaired) electrons. The largest absolute Gasteiger partial charge is 0.384 e. The standard InChI is InChI=1S/C11H11N3/c12-10-7-9(11(13)14-10)6-8-4-2-1-3-5-8/h1-5,7H,6H2,(H3,12,13,14). The van der Waals surface area contributed by atoms with Gasteiger partial charge in [-0.05, 0) is 11.6 Å². The van der Waals surface area contributed by atoms with Crippen molar-refractivity contribution in [2.24, 2.45) is 10.7 Å². The van der Waals surface area contributed by atoms with Gasteiger partial charge in [-0.3, -0.25) is 5.41 Å². The van der Waals surface area contributed by atoms with Crippen LogP contribution in [-0.2, 0) is 6.42 Å². The molecule has 1 aromatic carbocycles. The summed E-state index contributed by atoms with van der Waals surface area (Å²) in [4.78, 5) is 3.85. The second-order valence-electron chi connectivity index (χ2n) is 3.22. The van der Waals surface area contributed by atoms with Gasteiger partial charge >= 0.3 is 0 Å². The highest BCUT2D eigenvalue weighted by atomic mass is 14.9. The third-order valence-corrected chi connectivity index (χ3v) is 2.10. The van der Waals surface area contributed by atoms with Crippen molar-refractivity contribution in [2.45, 2.75) is 6.42 Å². The summed E-state index contributed by atoms with van der Waals surface area (Å²) >= 11 is 0. The van der Waals surface area contributed by atoms with E-state index in [4.69, 9.17) is 11.1 Å². The van der Waals surface area contributed by atoms with Gasteiger partial charge in [-0.25, -0.2) is 4.99 Å². The molecule has 0 fully saturated rings. The summed E-state index contributed by atoms with van der Waals surface area (Å²) in [6.07, 6.45) is 2.49. The van der Waals surface area contributed by atoms with Crippen LogP contribution in [0.1, 0.15) is 5.56 Å². The van der Waals surface area contributed by atoms with E-state index in [2.05, 4.69) is 4.99 Å². The molecule has 0 bridgehead atoms. The minimum atomic E-state index is 0.284. The molecule has 3 N–H and O–H groups in total. The van der Waals surface area contributed by atoms with Crippen molar-refractivity contribution >= 4 is 11.7 Å². The van der Waals surface area contributed by atoms with Gasteiger partial charge in [0.1, 0.15) is 5.84 Å². The number of nitrogens with zero attached hydrogens (tertiary/aromatic N) is 1. The van der Waals surface area contributed by atoms with Crippen molar-refractivity contribution in [2.75, 3.05) is 0 Å². The maximum absolute atomic E-state index is 7.55. The molecule has 14 heavy (non-hydrogen) atoms. The Morgan fingerprint density at radius 2 is 1.93 bits per heavy atom. The maximum atomic E-state index is 7.55. The molecule has 0 atom stereocenters. The van der Waals surface area contributed by atoms with E-state index in [1.54, 1.807) is 6.08 Å². The molecule has 70 valence electrons. The number of benzene rings is 1. The van der Waals surface area contributed by atoms with Crippen LogP contribution in [0, 0.1) is 5.41 Å². The first-order valence-corrected chi connectivity index (χ1v) is 4.43. The van der Waals surface area contributed by atoms with Crippen molar-refractivity contribution in [3.05, 3.63) is 47.5 Å². The molecule has 1 aromatic rings. The topological polar surface area (TPSA) is 62.2 Å². The lowest BCUT2D eigenvalue weighted by Gasteiger charge is -2.00. The van der Waals surface area contributed by atoms with E-state index < -0.39 is 0 Å². The van der Waals surface area contributed by atoms with Gasteiger partial charge < -0.3 is 5.73 Å². The van der Waals surface area contributed by atoms with Gasteiger partial charge in [0.05, 0.1) is 0 Å². The highest BCUT2D eigenvalue weighted by Gasteiger charge is 2.11. The van der Waals surface area contributed by atoms with E-state index in [0.29, 0.717) is 5.84 Å². The van der Waals surface area contributed by atoms with Gasteiger partial charge in [0, 0.05) is 12.0 Å². The second-order valence-corrected chi connectivity index (χ2v) is 3.22. The predicted octanol–water partition coefficient (Wildman–Crippen LogP) is 1.50. The SMILES string of the molecule is N=C1N=C(N)C=C1Cc1ccccc1. The second kappa shape index (κ2) is 3.46. The molecular formula is C11H11N3. The Hall–Kier alpha value is -1.90. The van der Waals surface area contributed by atoms with Crippen LogP contribution in [0.5, 0.6) is 0 Å². The van der Waals surface area contributed by atoms with Crippen LogP contribution in [0.25, 0.3) is 0 Å². The van der Waals surface area contributed by atoms with E-state index >= 15 is 0 Å². The molecule has 1 heterocycles. The lowest BCUT2D eigenvalue weighted by atomic mass is 10.1. The number of aliphatic imine (C=N–C) groups is 1. The Bertz CT molecular complexity index is 415. The first kappa shape index (κ1) is 8.69. The fourth-order valence-electron chi connectivity index (χ4n) is 1.43. The minimum absolute atomic E-state index is 0.284. The molecule has 0 spiro atoms. The predicted molar refractivity (Wildman–Crippen MR) is 57.6 cm³/mol. The summed E-state index contributed by atoms with van der Waals surface area (Å²) in [6, 6.07) is 10.0. The Morgan fingerprint density at radius 1 is 1.21 bits per heavy atom. The fourth-order valence-corrected chi connectivity index (χ4v) is 1.43. The van der Waals surface area contributed by atoms with E-state index in [-0.39, 0.29) is 5.84 Å². The summed E-state index contributed by atoms with van der Waals surface area (Å²) in [7, 11) is 0. The normalized spacial score (nSPS) is 15.3. The van der Waals surface area contributed by atoms with Crippen molar-refractivity contribution in [3.8, 4) is 0 Å². The molecule has 0 saturated heterocycles. The molecule has 2 rings (SSSR count). The van der Waals surface area contributed by atoms with Crippen LogP contribution in [-0.4, -0.2) is 11.7 Å². The Labute approximate surface area is 82.5 Å². The van der Waals surface area contributed by atoms with Gasteiger partial charge in [-0.15, -0.1) is 0 Å². The molecule has 3 nitrogen and oxygen atoms in total. The number of amidine groups is 2.